The fourth-order valence-electron chi connectivity index (χ4n) is 4.05. The molecule has 1 aliphatic carbocycles. The first kappa shape index (κ1) is 16.8. The maximum Gasteiger partial charge on any atom is 0.162 e. The van der Waals surface area contributed by atoms with E-state index in [9.17, 15) is 4.79 Å². The van der Waals surface area contributed by atoms with E-state index in [2.05, 4.69) is 60.0 Å². The third-order valence-corrected chi connectivity index (χ3v) is 5.45. The van der Waals surface area contributed by atoms with Crippen LogP contribution in [0.1, 0.15) is 48.3 Å². The third kappa shape index (κ3) is 3.01. The zero-order valence-corrected chi connectivity index (χ0v) is 15.5. The monoisotopic (exact) mass is 343 g/mol. The molecule has 0 aliphatic heterocycles. The molecule has 0 saturated heterocycles. The van der Waals surface area contributed by atoms with Gasteiger partial charge in [-0.05, 0) is 54.5 Å². The highest BCUT2D eigenvalue weighted by molar-refractivity contribution is 5.96. The second-order valence-corrected chi connectivity index (χ2v) is 7.38. The van der Waals surface area contributed by atoms with Gasteiger partial charge in [-0.2, -0.15) is 0 Å². The summed E-state index contributed by atoms with van der Waals surface area (Å²) in [6.45, 7) is 4.26. The van der Waals surface area contributed by atoms with Crippen LogP contribution < -0.4 is 0 Å². The Morgan fingerprint density at radius 1 is 1.08 bits per heavy atom. The first-order chi connectivity index (χ1) is 12.7. The Bertz CT molecular complexity index is 936. The largest absolute Gasteiger partial charge is 0.313 e. The van der Waals surface area contributed by atoms with Crippen molar-refractivity contribution in [2.75, 3.05) is 0 Å². The number of ketones is 1. The Morgan fingerprint density at radius 2 is 1.88 bits per heavy atom. The summed E-state index contributed by atoms with van der Waals surface area (Å²) < 4.78 is 2.38. The van der Waals surface area contributed by atoms with Crippen LogP contribution in [0.3, 0.4) is 0 Å². The molecule has 4 rings (SSSR count). The number of rotatable bonds is 4. The van der Waals surface area contributed by atoms with Crippen LogP contribution in [-0.4, -0.2) is 10.4 Å². The number of hydrogen-bond acceptors (Lipinski definition) is 1. The van der Waals surface area contributed by atoms with E-state index in [1.807, 2.05) is 19.1 Å². The van der Waals surface area contributed by atoms with Gasteiger partial charge in [0, 0.05) is 23.4 Å². The van der Waals surface area contributed by atoms with Gasteiger partial charge in [0.15, 0.2) is 5.78 Å². The predicted molar refractivity (Wildman–Crippen MR) is 107 cm³/mol. The van der Waals surface area contributed by atoms with Gasteiger partial charge in [-0.1, -0.05) is 56.3 Å². The van der Waals surface area contributed by atoms with E-state index in [0.717, 1.165) is 30.0 Å². The molecule has 0 spiro atoms. The molecule has 2 heteroatoms. The van der Waals surface area contributed by atoms with Crippen LogP contribution >= 0.6 is 0 Å². The lowest BCUT2D eigenvalue weighted by molar-refractivity contribution is 0.0988. The fourth-order valence-corrected chi connectivity index (χ4v) is 4.05. The molecular weight excluding hydrogens is 318 g/mol. The van der Waals surface area contributed by atoms with Crippen LogP contribution in [-0.2, 0) is 12.8 Å². The summed E-state index contributed by atoms with van der Waals surface area (Å²) >= 11 is 0. The smallest absolute Gasteiger partial charge is 0.162 e. The molecule has 1 unspecified atom stereocenters. The lowest BCUT2D eigenvalue weighted by Crippen LogP contribution is -2.13. The van der Waals surface area contributed by atoms with Crippen molar-refractivity contribution >= 4 is 5.78 Å². The van der Waals surface area contributed by atoms with Crippen LogP contribution in [0.5, 0.6) is 0 Å². The summed E-state index contributed by atoms with van der Waals surface area (Å²) in [6, 6.07) is 21.0. The van der Waals surface area contributed by atoms with Gasteiger partial charge in [-0.25, -0.2) is 0 Å². The quantitative estimate of drug-likeness (QED) is 0.544. The number of hydrogen-bond donors (Lipinski definition) is 0. The highest BCUT2D eigenvalue weighted by Crippen LogP contribution is 2.35. The van der Waals surface area contributed by atoms with Gasteiger partial charge >= 0.3 is 0 Å². The van der Waals surface area contributed by atoms with E-state index >= 15 is 0 Å². The highest BCUT2D eigenvalue weighted by Gasteiger charge is 2.23. The second kappa shape index (κ2) is 6.95. The molecule has 0 N–H and O–H groups in total. The molecule has 1 atom stereocenters. The first-order valence-electron chi connectivity index (χ1n) is 9.60. The minimum absolute atomic E-state index is 0.197. The molecule has 0 fully saturated rings. The normalized spacial score (nSPS) is 16.3. The summed E-state index contributed by atoms with van der Waals surface area (Å²) in [4.78, 5) is 12.2. The van der Waals surface area contributed by atoms with E-state index in [4.69, 9.17) is 0 Å². The molecule has 1 heterocycles. The number of Topliss-reactive ketones (excluding diaryl/α,β-unsaturated/α-hetero) is 1. The lowest BCUT2D eigenvalue weighted by Gasteiger charge is -2.21. The van der Waals surface area contributed by atoms with Gasteiger partial charge in [0.25, 0.3) is 0 Å². The maximum atomic E-state index is 12.2. The molecule has 0 bridgehead atoms. The number of fused-ring (bicyclic) bond motifs is 1. The van der Waals surface area contributed by atoms with Gasteiger partial charge in [0.05, 0.1) is 5.69 Å². The zero-order valence-electron chi connectivity index (χ0n) is 15.5. The summed E-state index contributed by atoms with van der Waals surface area (Å²) in [5.74, 6) is 0.928. The van der Waals surface area contributed by atoms with Crippen LogP contribution in [0, 0.1) is 5.92 Å². The van der Waals surface area contributed by atoms with Crippen molar-refractivity contribution in [3.8, 4) is 16.9 Å². The Balaban J connectivity index is 1.91. The second-order valence-electron chi connectivity index (χ2n) is 7.38. The molecular formula is C24H25NO. The SMILES string of the molecule is CCC(=O)c1cccc(-n2c(-c3ccccc3)cc3c2CCC(C)C3)c1. The Morgan fingerprint density at radius 3 is 2.65 bits per heavy atom. The van der Waals surface area contributed by atoms with Gasteiger partial charge < -0.3 is 4.57 Å². The minimum Gasteiger partial charge on any atom is -0.313 e. The molecule has 2 aromatic carbocycles. The van der Waals surface area contributed by atoms with Gasteiger partial charge in [0.2, 0.25) is 0 Å². The predicted octanol–water partition coefficient (Wildman–Crippen LogP) is 5.86. The molecule has 2 nitrogen and oxygen atoms in total. The van der Waals surface area contributed by atoms with Crippen molar-refractivity contribution in [2.24, 2.45) is 5.92 Å². The minimum atomic E-state index is 0.197. The van der Waals surface area contributed by atoms with E-state index in [0.29, 0.717) is 6.42 Å². The molecule has 1 aliphatic rings. The van der Waals surface area contributed by atoms with Crippen molar-refractivity contribution in [2.45, 2.75) is 39.5 Å². The fraction of sp³-hybridized carbons (Fsp3) is 0.292. The Labute approximate surface area is 155 Å². The highest BCUT2D eigenvalue weighted by atomic mass is 16.1. The topological polar surface area (TPSA) is 22.0 Å². The van der Waals surface area contributed by atoms with E-state index in [-0.39, 0.29) is 5.78 Å². The molecule has 1 aromatic heterocycles. The molecule has 26 heavy (non-hydrogen) atoms. The molecule has 0 radical (unpaired) electrons. The van der Waals surface area contributed by atoms with Gasteiger partial charge in [-0.15, -0.1) is 0 Å². The van der Waals surface area contributed by atoms with Crippen molar-refractivity contribution < 1.29 is 4.79 Å². The maximum absolute atomic E-state index is 12.2. The van der Waals surface area contributed by atoms with Crippen molar-refractivity contribution in [3.05, 3.63) is 77.5 Å². The third-order valence-electron chi connectivity index (χ3n) is 5.45. The standard InChI is InChI=1S/C24H25NO/c1-3-24(26)19-10-7-11-21(15-19)25-22-13-12-17(2)14-20(22)16-23(25)18-8-5-4-6-9-18/h4-11,15-17H,3,12-14H2,1-2H3. The number of carbonyl (C=O) groups is 1. The number of benzene rings is 2. The van der Waals surface area contributed by atoms with Crippen LogP contribution in [0.2, 0.25) is 0 Å². The summed E-state index contributed by atoms with van der Waals surface area (Å²) in [5.41, 5.74) is 7.21. The van der Waals surface area contributed by atoms with Crippen molar-refractivity contribution in [1.29, 1.82) is 0 Å². The van der Waals surface area contributed by atoms with Crippen LogP contribution in [0.15, 0.2) is 60.7 Å². The van der Waals surface area contributed by atoms with E-state index < -0.39 is 0 Å². The molecule has 132 valence electrons. The van der Waals surface area contributed by atoms with Crippen LogP contribution in [0.4, 0.5) is 0 Å². The van der Waals surface area contributed by atoms with Gasteiger partial charge in [0.1, 0.15) is 0 Å². The summed E-state index contributed by atoms with van der Waals surface area (Å²) in [5, 5.41) is 0. The average molecular weight is 343 g/mol. The Kier molecular flexibility index (Phi) is 4.50. The van der Waals surface area contributed by atoms with Gasteiger partial charge in [-0.3, -0.25) is 4.79 Å². The number of nitrogens with zero attached hydrogens (tertiary/aromatic N) is 1. The lowest BCUT2D eigenvalue weighted by atomic mass is 9.89. The summed E-state index contributed by atoms with van der Waals surface area (Å²) in [6.07, 6.45) is 3.99. The van der Waals surface area contributed by atoms with Crippen LogP contribution in [0.25, 0.3) is 16.9 Å². The zero-order chi connectivity index (χ0) is 18.1. The van der Waals surface area contributed by atoms with E-state index in [1.165, 1.54) is 28.9 Å². The van der Waals surface area contributed by atoms with Crippen molar-refractivity contribution in [1.82, 2.24) is 4.57 Å². The summed E-state index contributed by atoms with van der Waals surface area (Å²) in [7, 11) is 0. The molecule has 0 amide bonds. The molecule has 3 aromatic rings. The van der Waals surface area contributed by atoms with E-state index in [1.54, 1.807) is 0 Å². The first-order valence-corrected chi connectivity index (χ1v) is 9.60. The van der Waals surface area contributed by atoms with Crippen molar-refractivity contribution in [3.63, 3.8) is 0 Å². The molecule has 0 saturated carbocycles. The Hall–Kier alpha value is -2.61. The number of aromatic nitrogens is 1. The number of carbonyl (C=O) groups excluding carboxylic acids is 1. The average Bonchev–Trinajstić information content (AvgIpc) is 3.06.